The van der Waals surface area contributed by atoms with Gasteiger partial charge < -0.3 is 10.1 Å². The van der Waals surface area contributed by atoms with Crippen molar-refractivity contribution in [3.8, 4) is 22.7 Å². The SMILES string of the molecule is Cc1ccc(-c2cnc(SCC(=O)Nc3nc(C)cs3)n2-c2ccc(OC(F)(F)F)cc2)cc1. The Morgan fingerprint density at radius 1 is 1.12 bits per heavy atom. The zero-order valence-electron chi connectivity index (χ0n) is 18.1. The van der Waals surface area contributed by atoms with Gasteiger partial charge in [0.05, 0.1) is 23.3 Å². The molecule has 0 bridgehead atoms. The Labute approximate surface area is 201 Å². The van der Waals surface area contributed by atoms with Crippen LogP contribution in [0.3, 0.4) is 0 Å². The predicted octanol–water partition coefficient (Wildman–Crippen LogP) is 6.24. The van der Waals surface area contributed by atoms with Crippen molar-refractivity contribution in [2.45, 2.75) is 25.4 Å². The van der Waals surface area contributed by atoms with Crippen molar-refractivity contribution >= 4 is 34.1 Å². The molecule has 0 unspecified atom stereocenters. The highest BCUT2D eigenvalue weighted by molar-refractivity contribution is 7.99. The number of halogens is 3. The fourth-order valence-corrected chi connectivity index (χ4v) is 4.60. The second-order valence-corrected chi connectivity index (χ2v) is 9.10. The molecule has 34 heavy (non-hydrogen) atoms. The zero-order chi connectivity index (χ0) is 24.3. The van der Waals surface area contributed by atoms with E-state index in [-0.39, 0.29) is 17.4 Å². The van der Waals surface area contributed by atoms with Gasteiger partial charge in [-0.05, 0) is 38.1 Å². The van der Waals surface area contributed by atoms with E-state index < -0.39 is 6.36 Å². The number of alkyl halides is 3. The summed E-state index contributed by atoms with van der Waals surface area (Å²) in [5, 5.41) is 5.64. The van der Waals surface area contributed by atoms with E-state index in [9.17, 15) is 18.0 Å². The van der Waals surface area contributed by atoms with Gasteiger partial charge in [-0.1, -0.05) is 41.6 Å². The molecule has 2 heterocycles. The number of hydrogen-bond acceptors (Lipinski definition) is 6. The van der Waals surface area contributed by atoms with Crippen LogP contribution in [0.1, 0.15) is 11.3 Å². The number of anilines is 1. The van der Waals surface area contributed by atoms with E-state index in [0.29, 0.717) is 16.0 Å². The standard InChI is InChI=1S/C23H19F3N4O2S2/c1-14-3-5-16(6-4-14)19-11-27-22(34-13-20(31)29-21-28-15(2)12-33-21)30(19)17-7-9-18(10-8-17)32-23(24,25)26/h3-12H,13H2,1-2H3,(H,28,29,31). The number of ether oxygens (including phenoxy) is 1. The van der Waals surface area contributed by atoms with Gasteiger partial charge in [0.1, 0.15) is 5.75 Å². The molecule has 2 aromatic carbocycles. The van der Waals surface area contributed by atoms with Crippen molar-refractivity contribution in [3.05, 3.63) is 71.4 Å². The van der Waals surface area contributed by atoms with E-state index >= 15 is 0 Å². The Morgan fingerprint density at radius 3 is 2.44 bits per heavy atom. The minimum absolute atomic E-state index is 0.0816. The van der Waals surface area contributed by atoms with E-state index in [4.69, 9.17) is 0 Å². The summed E-state index contributed by atoms with van der Waals surface area (Å²) in [4.78, 5) is 21.1. The first-order chi connectivity index (χ1) is 16.2. The molecule has 0 aliphatic carbocycles. The van der Waals surface area contributed by atoms with Crippen LogP contribution < -0.4 is 10.1 Å². The minimum Gasteiger partial charge on any atom is -0.406 e. The number of hydrogen-bond donors (Lipinski definition) is 1. The summed E-state index contributed by atoms with van der Waals surface area (Å²) in [5.41, 5.74) is 4.11. The smallest absolute Gasteiger partial charge is 0.406 e. The molecule has 1 N–H and O–H groups in total. The maximum atomic E-state index is 12.5. The number of carbonyl (C=O) groups is 1. The predicted molar refractivity (Wildman–Crippen MR) is 127 cm³/mol. The van der Waals surface area contributed by atoms with Gasteiger partial charge in [0.2, 0.25) is 5.91 Å². The molecular weight excluding hydrogens is 485 g/mol. The van der Waals surface area contributed by atoms with Crippen LogP contribution >= 0.6 is 23.1 Å². The van der Waals surface area contributed by atoms with Crippen LogP contribution in [0.2, 0.25) is 0 Å². The first-order valence-electron chi connectivity index (χ1n) is 10.0. The summed E-state index contributed by atoms with van der Waals surface area (Å²) in [6.07, 6.45) is -3.09. The Bertz CT molecular complexity index is 1280. The number of thiazole rings is 1. The van der Waals surface area contributed by atoms with Crippen molar-refractivity contribution < 1.29 is 22.7 Å². The molecule has 11 heteroatoms. The van der Waals surface area contributed by atoms with Crippen LogP contribution in [-0.4, -0.2) is 32.6 Å². The fraction of sp³-hybridized carbons (Fsp3) is 0.174. The van der Waals surface area contributed by atoms with E-state index in [1.54, 1.807) is 10.8 Å². The molecule has 0 radical (unpaired) electrons. The van der Waals surface area contributed by atoms with Gasteiger partial charge in [-0.3, -0.25) is 9.36 Å². The monoisotopic (exact) mass is 504 g/mol. The number of nitrogens with zero attached hydrogens (tertiary/aromatic N) is 3. The van der Waals surface area contributed by atoms with Gasteiger partial charge in [-0.15, -0.1) is 24.5 Å². The van der Waals surface area contributed by atoms with Crippen molar-refractivity contribution in [2.75, 3.05) is 11.1 Å². The number of carbonyl (C=O) groups excluding carboxylic acids is 1. The van der Waals surface area contributed by atoms with Crippen LogP contribution in [-0.2, 0) is 4.79 Å². The molecule has 0 saturated carbocycles. The van der Waals surface area contributed by atoms with Crippen molar-refractivity contribution in [1.82, 2.24) is 14.5 Å². The second-order valence-electron chi connectivity index (χ2n) is 7.30. The summed E-state index contributed by atoms with van der Waals surface area (Å²) in [6, 6.07) is 13.3. The number of amides is 1. The lowest BCUT2D eigenvalue weighted by molar-refractivity contribution is -0.274. The zero-order valence-corrected chi connectivity index (χ0v) is 19.7. The molecule has 2 aromatic heterocycles. The van der Waals surface area contributed by atoms with Gasteiger partial charge in [0.15, 0.2) is 10.3 Å². The third kappa shape index (κ3) is 5.97. The van der Waals surface area contributed by atoms with Gasteiger partial charge >= 0.3 is 6.36 Å². The molecule has 176 valence electrons. The first-order valence-corrected chi connectivity index (χ1v) is 11.9. The molecule has 0 aliphatic rings. The highest BCUT2D eigenvalue weighted by atomic mass is 32.2. The van der Waals surface area contributed by atoms with Crippen LogP contribution in [0.5, 0.6) is 5.75 Å². The molecule has 0 fully saturated rings. The number of benzene rings is 2. The largest absolute Gasteiger partial charge is 0.573 e. The summed E-state index contributed by atoms with van der Waals surface area (Å²) in [7, 11) is 0. The van der Waals surface area contributed by atoms with Gasteiger partial charge in [-0.2, -0.15) is 0 Å². The Kier molecular flexibility index (Phi) is 6.94. The summed E-state index contributed by atoms with van der Waals surface area (Å²) in [6.45, 7) is 3.82. The summed E-state index contributed by atoms with van der Waals surface area (Å²) >= 11 is 2.56. The van der Waals surface area contributed by atoms with E-state index in [0.717, 1.165) is 22.5 Å². The number of rotatable bonds is 7. The molecule has 6 nitrogen and oxygen atoms in total. The Balaban J connectivity index is 1.61. The average molecular weight is 505 g/mol. The van der Waals surface area contributed by atoms with Crippen molar-refractivity contribution in [2.24, 2.45) is 0 Å². The third-order valence-electron chi connectivity index (χ3n) is 4.60. The van der Waals surface area contributed by atoms with Crippen LogP contribution in [0, 0.1) is 13.8 Å². The van der Waals surface area contributed by atoms with Gasteiger partial charge in [0, 0.05) is 16.6 Å². The lowest BCUT2D eigenvalue weighted by Gasteiger charge is -2.14. The highest BCUT2D eigenvalue weighted by Crippen LogP contribution is 2.32. The van der Waals surface area contributed by atoms with Crippen LogP contribution in [0.25, 0.3) is 16.9 Å². The van der Waals surface area contributed by atoms with E-state index in [1.165, 1.54) is 47.4 Å². The molecule has 0 atom stereocenters. The lowest BCUT2D eigenvalue weighted by atomic mass is 10.1. The van der Waals surface area contributed by atoms with Crippen molar-refractivity contribution in [3.63, 3.8) is 0 Å². The lowest BCUT2D eigenvalue weighted by Crippen LogP contribution is -2.17. The Morgan fingerprint density at radius 2 is 1.82 bits per heavy atom. The van der Waals surface area contributed by atoms with E-state index in [2.05, 4.69) is 20.0 Å². The summed E-state index contributed by atoms with van der Waals surface area (Å²) in [5.74, 6) is -0.474. The van der Waals surface area contributed by atoms with Crippen LogP contribution in [0.4, 0.5) is 18.3 Å². The second kappa shape index (κ2) is 9.90. The van der Waals surface area contributed by atoms with Crippen molar-refractivity contribution in [1.29, 1.82) is 0 Å². The molecule has 1 amide bonds. The number of nitrogens with one attached hydrogen (secondary N) is 1. The molecule has 0 aliphatic heterocycles. The number of imidazole rings is 1. The third-order valence-corrected chi connectivity index (χ3v) is 6.43. The molecular formula is C23H19F3N4O2S2. The average Bonchev–Trinajstić information content (AvgIpc) is 3.38. The van der Waals surface area contributed by atoms with E-state index in [1.807, 2.05) is 43.5 Å². The summed E-state index contributed by atoms with van der Waals surface area (Å²) < 4.78 is 43.4. The molecule has 0 saturated heterocycles. The normalized spacial score (nSPS) is 11.4. The van der Waals surface area contributed by atoms with Crippen LogP contribution in [0.15, 0.2) is 65.3 Å². The maximum absolute atomic E-state index is 12.5. The quantitative estimate of drug-likeness (QED) is 0.302. The van der Waals surface area contributed by atoms with Gasteiger partial charge in [-0.25, -0.2) is 9.97 Å². The minimum atomic E-state index is -4.77. The van der Waals surface area contributed by atoms with Gasteiger partial charge in [0.25, 0.3) is 0 Å². The topological polar surface area (TPSA) is 69.0 Å². The Hall–Kier alpha value is -3.31. The first kappa shape index (κ1) is 23.8. The molecule has 4 rings (SSSR count). The maximum Gasteiger partial charge on any atom is 0.573 e. The molecule has 0 spiro atoms. The number of aryl methyl sites for hydroxylation is 2. The molecule has 4 aromatic rings. The number of thioether (sulfide) groups is 1. The number of aromatic nitrogens is 3. The highest BCUT2D eigenvalue weighted by Gasteiger charge is 2.31. The fourth-order valence-electron chi connectivity index (χ4n) is 3.11.